The summed E-state index contributed by atoms with van der Waals surface area (Å²) in [4.78, 5) is 15.5. The minimum Gasteiger partial charge on any atom is -0.478 e. The maximum Gasteiger partial charge on any atom is 0.335 e. The van der Waals surface area contributed by atoms with Gasteiger partial charge in [-0.05, 0) is 38.5 Å². The average molecular weight is 246 g/mol. The van der Waals surface area contributed by atoms with Crippen molar-refractivity contribution in [2.75, 3.05) is 0 Å². The van der Waals surface area contributed by atoms with E-state index < -0.39 is 5.97 Å². The van der Waals surface area contributed by atoms with Crippen LogP contribution in [-0.2, 0) is 6.42 Å². The van der Waals surface area contributed by atoms with Crippen molar-refractivity contribution in [3.63, 3.8) is 0 Å². The smallest absolute Gasteiger partial charge is 0.335 e. The van der Waals surface area contributed by atoms with E-state index in [1.54, 1.807) is 12.1 Å². The Balaban J connectivity index is 2.64. The molecule has 0 amide bonds. The molecule has 0 saturated heterocycles. The van der Waals surface area contributed by atoms with Gasteiger partial charge in [-0.15, -0.1) is 0 Å². The Bertz CT molecular complexity index is 585. The maximum absolute atomic E-state index is 11.0. The second-order valence-electron chi connectivity index (χ2n) is 4.75. The van der Waals surface area contributed by atoms with Gasteiger partial charge >= 0.3 is 5.97 Å². The van der Waals surface area contributed by atoms with Crippen LogP contribution in [0, 0.1) is 0 Å². The van der Waals surface area contributed by atoms with E-state index in [0.717, 1.165) is 29.7 Å². The average Bonchev–Trinajstić information content (AvgIpc) is 2.66. The molecule has 2 rings (SSSR count). The van der Waals surface area contributed by atoms with Crippen LogP contribution in [0.15, 0.2) is 18.2 Å². The number of fused-ring (bicyclic) bond motifs is 1. The Labute approximate surface area is 106 Å². The lowest BCUT2D eigenvalue weighted by molar-refractivity contribution is 0.0697. The molecule has 0 aliphatic carbocycles. The Morgan fingerprint density at radius 1 is 1.44 bits per heavy atom. The van der Waals surface area contributed by atoms with Crippen LogP contribution >= 0.6 is 0 Å². The van der Waals surface area contributed by atoms with Gasteiger partial charge in [0.15, 0.2) is 0 Å². The third-order valence-electron chi connectivity index (χ3n) is 3.00. The molecule has 0 spiro atoms. The van der Waals surface area contributed by atoms with Gasteiger partial charge in [-0.3, -0.25) is 0 Å². The molecule has 0 aliphatic heterocycles. The standard InChI is InChI=1S/C14H18N2O2/c1-4-5-13-15-11-8-10(14(17)18)6-7-12(11)16(13)9(2)3/h6-9H,4-5H2,1-3H3,(H,17,18). The molecule has 0 fully saturated rings. The van der Waals surface area contributed by atoms with Gasteiger partial charge in [-0.1, -0.05) is 6.92 Å². The van der Waals surface area contributed by atoms with Crippen LogP contribution in [0.3, 0.4) is 0 Å². The molecule has 96 valence electrons. The van der Waals surface area contributed by atoms with Crippen molar-refractivity contribution in [3.8, 4) is 0 Å². The summed E-state index contributed by atoms with van der Waals surface area (Å²) in [7, 11) is 0. The van der Waals surface area contributed by atoms with Crippen LogP contribution in [0.25, 0.3) is 11.0 Å². The Kier molecular flexibility index (Phi) is 3.36. The highest BCUT2D eigenvalue weighted by Crippen LogP contribution is 2.23. The number of nitrogens with zero attached hydrogens (tertiary/aromatic N) is 2. The first kappa shape index (κ1) is 12.6. The fourth-order valence-corrected chi connectivity index (χ4v) is 2.26. The number of aromatic nitrogens is 2. The minimum atomic E-state index is -0.909. The van der Waals surface area contributed by atoms with Crippen molar-refractivity contribution in [1.29, 1.82) is 0 Å². The zero-order chi connectivity index (χ0) is 13.3. The first-order chi connectivity index (χ1) is 8.54. The largest absolute Gasteiger partial charge is 0.478 e. The summed E-state index contributed by atoms with van der Waals surface area (Å²) in [6.45, 7) is 6.35. The molecule has 2 aromatic rings. The second kappa shape index (κ2) is 4.80. The first-order valence-corrected chi connectivity index (χ1v) is 6.28. The van der Waals surface area contributed by atoms with Crippen LogP contribution in [0.1, 0.15) is 49.4 Å². The van der Waals surface area contributed by atoms with Crippen LogP contribution in [0.5, 0.6) is 0 Å². The zero-order valence-corrected chi connectivity index (χ0v) is 11.0. The molecule has 4 nitrogen and oxygen atoms in total. The zero-order valence-electron chi connectivity index (χ0n) is 11.0. The number of carboxylic acid groups (broad SMARTS) is 1. The summed E-state index contributed by atoms with van der Waals surface area (Å²) in [6, 6.07) is 5.47. The highest BCUT2D eigenvalue weighted by molar-refractivity contribution is 5.92. The van der Waals surface area contributed by atoms with Gasteiger partial charge in [-0.25, -0.2) is 9.78 Å². The van der Waals surface area contributed by atoms with Crippen molar-refractivity contribution in [2.24, 2.45) is 0 Å². The van der Waals surface area contributed by atoms with Gasteiger partial charge in [0, 0.05) is 12.5 Å². The molecule has 0 bridgehead atoms. The van der Waals surface area contributed by atoms with Gasteiger partial charge in [0.25, 0.3) is 0 Å². The van der Waals surface area contributed by atoms with E-state index in [9.17, 15) is 4.79 Å². The summed E-state index contributed by atoms with van der Waals surface area (Å²) in [5.41, 5.74) is 2.07. The SMILES string of the molecule is CCCc1nc2cc(C(=O)O)ccc2n1C(C)C. The second-order valence-corrected chi connectivity index (χ2v) is 4.75. The van der Waals surface area contributed by atoms with Gasteiger partial charge in [-0.2, -0.15) is 0 Å². The van der Waals surface area contributed by atoms with Crippen LogP contribution in [0.2, 0.25) is 0 Å². The number of benzene rings is 1. The highest BCUT2D eigenvalue weighted by Gasteiger charge is 2.14. The van der Waals surface area contributed by atoms with Gasteiger partial charge < -0.3 is 9.67 Å². The molecule has 0 radical (unpaired) electrons. The van der Waals surface area contributed by atoms with Crippen LogP contribution < -0.4 is 0 Å². The molecule has 0 saturated carbocycles. The van der Waals surface area contributed by atoms with Crippen LogP contribution in [-0.4, -0.2) is 20.6 Å². The van der Waals surface area contributed by atoms with Crippen molar-refractivity contribution < 1.29 is 9.90 Å². The predicted molar refractivity (Wildman–Crippen MR) is 71.1 cm³/mol. The Morgan fingerprint density at radius 3 is 2.72 bits per heavy atom. The topological polar surface area (TPSA) is 55.1 Å². The van der Waals surface area contributed by atoms with Gasteiger partial charge in [0.2, 0.25) is 0 Å². The first-order valence-electron chi connectivity index (χ1n) is 6.28. The predicted octanol–water partition coefficient (Wildman–Crippen LogP) is 3.27. The number of carbonyl (C=O) groups is 1. The lowest BCUT2D eigenvalue weighted by Crippen LogP contribution is -2.06. The van der Waals surface area contributed by atoms with Crippen molar-refractivity contribution in [1.82, 2.24) is 9.55 Å². The third kappa shape index (κ3) is 2.10. The molecule has 4 heteroatoms. The van der Waals surface area contributed by atoms with E-state index >= 15 is 0 Å². The molecule has 1 N–H and O–H groups in total. The summed E-state index contributed by atoms with van der Waals surface area (Å²) >= 11 is 0. The molecule has 1 aromatic carbocycles. The number of aryl methyl sites for hydroxylation is 1. The van der Waals surface area contributed by atoms with Crippen LogP contribution in [0.4, 0.5) is 0 Å². The molecule has 18 heavy (non-hydrogen) atoms. The Morgan fingerprint density at radius 2 is 2.17 bits per heavy atom. The lowest BCUT2D eigenvalue weighted by atomic mass is 10.2. The molecular weight excluding hydrogens is 228 g/mol. The van der Waals surface area contributed by atoms with E-state index in [4.69, 9.17) is 5.11 Å². The van der Waals surface area contributed by atoms with E-state index in [0.29, 0.717) is 11.6 Å². The van der Waals surface area contributed by atoms with E-state index in [2.05, 4.69) is 30.3 Å². The van der Waals surface area contributed by atoms with Crippen molar-refractivity contribution in [3.05, 3.63) is 29.6 Å². The van der Waals surface area contributed by atoms with E-state index in [1.165, 1.54) is 0 Å². The lowest BCUT2D eigenvalue weighted by Gasteiger charge is -2.12. The number of carboxylic acids is 1. The number of hydrogen-bond acceptors (Lipinski definition) is 2. The normalized spacial score (nSPS) is 11.3. The molecule has 0 unspecified atom stereocenters. The van der Waals surface area contributed by atoms with Gasteiger partial charge in [0.05, 0.1) is 16.6 Å². The Hall–Kier alpha value is -1.84. The molecule has 1 heterocycles. The van der Waals surface area contributed by atoms with E-state index in [-0.39, 0.29) is 0 Å². The van der Waals surface area contributed by atoms with Crippen molar-refractivity contribution in [2.45, 2.75) is 39.7 Å². The van der Waals surface area contributed by atoms with Gasteiger partial charge in [0.1, 0.15) is 5.82 Å². The molecule has 0 atom stereocenters. The summed E-state index contributed by atoms with van der Waals surface area (Å²) in [5, 5.41) is 9.00. The molecule has 1 aromatic heterocycles. The summed E-state index contributed by atoms with van der Waals surface area (Å²) in [5.74, 6) is 0.123. The van der Waals surface area contributed by atoms with Crippen molar-refractivity contribution >= 4 is 17.0 Å². The molecule has 0 aliphatic rings. The maximum atomic E-state index is 11.0. The molecular formula is C14H18N2O2. The van der Waals surface area contributed by atoms with E-state index in [1.807, 2.05) is 6.07 Å². The summed E-state index contributed by atoms with van der Waals surface area (Å²) < 4.78 is 2.18. The third-order valence-corrected chi connectivity index (χ3v) is 3.00. The highest BCUT2D eigenvalue weighted by atomic mass is 16.4. The fourth-order valence-electron chi connectivity index (χ4n) is 2.26. The monoisotopic (exact) mass is 246 g/mol. The number of imidazole rings is 1. The number of rotatable bonds is 4. The fraction of sp³-hybridized carbons (Fsp3) is 0.429. The summed E-state index contributed by atoms with van der Waals surface area (Å²) in [6.07, 6.45) is 1.94. The minimum absolute atomic E-state index is 0.291. The number of aromatic carboxylic acids is 1. The number of hydrogen-bond donors (Lipinski definition) is 1. The quantitative estimate of drug-likeness (QED) is 0.900.